The van der Waals surface area contributed by atoms with Crippen molar-refractivity contribution >= 4 is 17.2 Å². The van der Waals surface area contributed by atoms with Crippen molar-refractivity contribution in [1.82, 2.24) is 14.9 Å². The molecule has 5 heteroatoms. The first-order valence-corrected chi connectivity index (χ1v) is 6.13. The van der Waals surface area contributed by atoms with Crippen LogP contribution in [0.15, 0.2) is 34.9 Å². The fourth-order valence-corrected chi connectivity index (χ4v) is 2.47. The standard InChI is InChI=1S/C11H12N4S/c1-2-9(16-7-1)8-15-6-5-14-11(15)10-12-3-4-13-10/h1-2,5-7H,3-4,8H2,(H,12,13). The van der Waals surface area contributed by atoms with Gasteiger partial charge in [0.05, 0.1) is 13.1 Å². The molecule has 2 aromatic rings. The number of hydrogen-bond acceptors (Lipinski definition) is 4. The number of hydrogen-bond donors (Lipinski definition) is 1. The molecule has 1 N–H and O–H groups in total. The zero-order valence-electron chi connectivity index (χ0n) is 8.76. The molecule has 0 bridgehead atoms. The number of aliphatic imine (C=N–C) groups is 1. The molecule has 0 saturated carbocycles. The molecule has 4 nitrogen and oxygen atoms in total. The van der Waals surface area contributed by atoms with Gasteiger partial charge < -0.3 is 9.88 Å². The van der Waals surface area contributed by atoms with Crippen LogP contribution in [0.5, 0.6) is 0 Å². The summed E-state index contributed by atoms with van der Waals surface area (Å²) in [6.07, 6.45) is 3.82. The van der Waals surface area contributed by atoms with E-state index in [1.54, 1.807) is 11.3 Å². The van der Waals surface area contributed by atoms with Gasteiger partial charge in [-0.1, -0.05) is 6.07 Å². The summed E-state index contributed by atoms with van der Waals surface area (Å²) in [5.74, 6) is 1.85. The summed E-state index contributed by atoms with van der Waals surface area (Å²) in [4.78, 5) is 10.1. The van der Waals surface area contributed by atoms with Gasteiger partial charge in [0.25, 0.3) is 0 Å². The number of thiophene rings is 1. The number of aromatic nitrogens is 2. The van der Waals surface area contributed by atoms with Gasteiger partial charge in [-0.05, 0) is 11.4 Å². The highest BCUT2D eigenvalue weighted by Gasteiger charge is 2.13. The van der Waals surface area contributed by atoms with Crippen LogP contribution in [0.1, 0.15) is 10.7 Å². The van der Waals surface area contributed by atoms with Gasteiger partial charge in [0.15, 0.2) is 11.7 Å². The molecule has 3 rings (SSSR count). The van der Waals surface area contributed by atoms with Crippen molar-refractivity contribution in [1.29, 1.82) is 0 Å². The lowest BCUT2D eigenvalue weighted by Crippen LogP contribution is -2.23. The summed E-state index contributed by atoms with van der Waals surface area (Å²) in [6, 6.07) is 4.21. The van der Waals surface area contributed by atoms with Crippen LogP contribution in [0.25, 0.3) is 0 Å². The van der Waals surface area contributed by atoms with E-state index < -0.39 is 0 Å². The maximum atomic E-state index is 4.39. The maximum absolute atomic E-state index is 4.39. The Morgan fingerprint density at radius 2 is 2.50 bits per heavy atom. The van der Waals surface area contributed by atoms with Gasteiger partial charge in [-0.2, -0.15) is 0 Å². The molecule has 0 unspecified atom stereocenters. The fourth-order valence-electron chi connectivity index (χ4n) is 1.77. The monoisotopic (exact) mass is 232 g/mol. The lowest BCUT2D eigenvalue weighted by Gasteiger charge is -2.06. The number of nitrogens with zero attached hydrogens (tertiary/aromatic N) is 3. The van der Waals surface area contributed by atoms with E-state index in [1.165, 1.54) is 4.88 Å². The Morgan fingerprint density at radius 3 is 3.25 bits per heavy atom. The molecule has 1 aliphatic rings. The summed E-state index contributed by atoms with van der Waals surface area (Å²) in [7, 11) is 0. The molecule has 0 amide bonds. The van der Waals surface area contributed by atoms with E-state index in [0.29, 0.717) is 0 Å². The SMILES string of the molecule is c1csc(Cn2ccnc2C2=NCCN2)c1. The summed E-state index contributed by atoms with van der Waals surface area (Å²) in [5.41, 5.74) is 0. The highest BCUT2D eigenvalue weighted by Crippen LogP contribution is 2.12. The Hall–Kier alpha value is -1.62. The Balaban J connectivity index is 1.87. The third-order valence-electron chi connectivity index (χ3n) is 2.51. The number of imidazole rings is 1. The van der Waals surface area contributed by atoms with Crippen LogP contribution in [0, 0.1) is 0 Å². The second-order valence-corrected chi connectivity index (χ2v) is 4.65. The predicted molar refractivity (Wildman–Crippen MR) is 65.1 cm³/mol. The number of rotatable bonds is 3. The molecule has 0 fully saturated rings. The molecule has 0 spiro atoms. The van der Waals surface area contributed by atoms with Crippen molar-refractivity contribution in [3.8, 4) is 0 Å². The highest BCUT2D eigenvalue weighted by molar-refractivity contribution is 7.09. The smallest absolute Gasteiger partial charge is 0.175 e. The molecule has 3 heterocycles. The van der Waals surface area contributed by atoms with E-state index in [1.807, 2.05) is 12.4 Å². The Kier molecular flexibility index (Phi) is 2.46. The van der Waals surface area contributed by atoms with E-state index in [9.17, 15) is 0 Å². The average molecular weight is 232 g/mol. The Morgan fingerprint density at radius 1 is 1.50 bits per heavy atom. The zero-order chi connectivity index (χ0) is 10.8. The van der Waals surface area contributed by atoms with Crippen LogP contribution in [0.3, 0.4) is 0 Å². The second kappa shape index (κ2) is 4.09. The van der Waals surface area contributed by atoms with Gasteiger partial charge in [0.1, 0.15) is 0 Å². The van der Waals surface area contributed by atoms with Gasteiger partial charge in [-0.3, -0.25) is 4.99 Å². The minimum atomic E-state index is 0.848. The summed E-state index contributed by atoms with van der Waals surface area (Å²) >= 11 is 1.76. The largest absolute Gasteiger partial charge is 0.365 e. The van der Waals surface area contributed by atoms with Crippen molar-refractivity contribution in [3.05, 3.63) is 40.6 Å². The van der Waals surface area contributed by atoms with Crippen LogP contribution in [0.2, 0.25) is 0 Å². The van der Waals surface area contributed by atoms with E-state index in [2.05, 4.69) is 37.4 Å². The molecule has 0 saturated heterocycles. The van der Waals surface area contributed by atoms with E-state index in [0.717, 1.165) is 31.3 Å². The molecular formula is C11H12N4S. The zero-order valence-corrected chi connectivity index (χ0v) is 9.57. The molecule has 2 aromatic heterocycles. The Labute approximate surface area is 97.7 Å². The lowest BCUT2D eigenvalue weighted by molar-refractivity contribution is 0.793. The molecule has 16 heavy (non-hydrogen) atoms. The molecular weight excluding hydrogens is 220 g/mol. The molecule has 1 aliphatic heterocycles. The summed E-state index contributed by atoms with van der Waals surface area (Å²) in [6.45, 7) is 2.64. The predicted octanol–water partition coefficient (Wildman–Crippen LogP) is 1.34. The van der Waals surface area contributed by atoms with Crippen LogP contribution in [0.4, 0.5) is 0 Å². The van der Waals surface area contributed by atoms with E-state index in [4.69, 9.17) is 0 Å². The third-order valence-corrected chi connectivity index (χ3v) is 3.37. The summed E-state index contributed by atoms with van der Waals surface area (Å²) in [5, 5.41) is 5.34. The maximum Gasteiger partial charge on any atom is 0.175 e. The van der Waals surface area contributed by atoms with Gasteiger partial charge in [0.2, 0.25) is 0 Å². The van der Waals surface area contributed by atoms with Gasteiger partial charge in [-0.15, -0.1) is 11.3 Å². The molecule has 0 radical (unpaired) electrons. The van der Waals surface area contributed by atoms with Gasteiger partial charge in [0, 0.05) is 23.8 Å². The number of nitrogens with one attached hydrogen (secondary N) is 1. The normalized spacial score (nSPS) is 14.9. The average Bonchev–Trinajstić information content (AvgIpc) is 2.98. The van der Waals surface area contributed by atoms with E-state index in [-0.39, 0.29) is 0 Å². The van der Waals surface area contributed by atoms with Crippen LogP contribution in [-0.4, -0.2) is 28.5 Å². The second-order valence-electron chi connectivity index (χ2n) is 3.62. The van der Waals surface area contributed by atoms with Crippen LogP contribution < -0.4 is 5.32 Å². The van der Waals surface area contributed by atoms with Crippen LogP contribution >= 0.6 is 11.3 Å². The van der Waals surface area contributed by atoms with Gasteiger partial charge in [-0.25, -0.2) is 4.98 Å². The van der Waals surface area contributed by atoms with Crippen molar-refractivity contribution < 1.29 is 0 Å². The Bertz CT molecular complexity index is 498. The first kappa shape index (κ1) is 9.59. The van der Waals surface area contributed by atoms with Crippen LogP contribution in [-0.2, 0) is 6.54 Å². The molecule has 0 aliphatic carbocycles. The third kappa shape index (κ3) is 1.74. The van der Waals surface area contributed by atoms with Crippen molar-refractivity contribution in [3.63, 3.8) is 0 Å². The molecule has 82 valence electrons. The molecule has 0 atom stereocenters. The minimum absolute atomic E-state index is 0.848. The number of amidine groups is 1. The topological polar surface area (TPSA) is 42.2 Å². The fraction of sp³-hybridized carbons (Fsp3) is 0.273. The molecule has 0 aromatic carbocycles. The first-order chi connectivity index (χ1) is 7.93. The first-order valence-electron chi connectivity index (χ1n) is 5.26. The summed E-state index contributed by atoms with van der Waals surface area (Å²) < 4.78 is 2.13. The highest BCUT2D eigenvalue weighted by atomic mass is 32.1. The lowest BCUT2D eigenvalue weighted by atomic mass is 10.4. The quantitative estimate of drug-likeness (QED) is 0.867. The van der Waals surface area contributed by atoms with Gasteiger partial charge >= 0.3 is 0 Å². The minimum Gasteiger partial charge on any atom is -0.365 e. The van der Waals surface area contributed by atoms with Crippen molar-refractivity contribution in [2.24, 2.45) is 4.99 Å². The van der Waals surface area contributed by atoms with Crippen molar-refractivity contribution in [2.75, 3.05) is 13.1 Å². The van der Waals surface area contributed by atoms with E-state index >= 15 is 0 Å². The van der Waals surface area contributed by atoms with Crippen molar-refractivity contribution in [2.45, 2.75) is 6.54 Å².